The van der Waals surface area contributed by atoms with E-state index in [2.05, 4.69) is 4.90 Å². The maximum absolute atomic E-state index is 13.0. The van der Waals surface area contributed by atoms with Crippen LogP contribution in [0.4, 0.5) is 18.9 Å². The number of nitrogens with zero attached hydrogens (tertiary/aromatic N) is 3. The summed E-state index contributed by atoms with van der Waals surface area (Å²) in [4.78, 5) is 3.86. The molecular formula is C21H22F3N3O. The summed E-state index contributed by atoms with van der Waals surface area (Å²) >= 11 is 0. The van der Waals surface area contributed by atoms with Crippen molar-refractivity contribution in [2.45, 2.75) is 24.7 Å². The molecule has 1 aliphatic heterocycles. The summed E-state index contributed by atoms with van der Waals surface area (Å²) in [5, 5.41) is 20.0. The molecule has 0 aromatic heterocycles. The fraction of sp³-hybridized carbons (Fsp3) is 0.381. The maximum Gasteiger partial charge on any atom is 0.417 e. The molecule has 7 heteroatoms. The fourth-order valence-corrected chi connectivity index (χ4v) is 3.69. The standard InChI is InChI=1S/C21H22F3N3O/c1-26(18-7-8-19(21(22,23)24)17(11-18)12-25)14-20(28)9-10-27(15-20)13-16-5-3-2-4-6-16/h2-8,11,28H,9-10,13-15H2,1H3. The lowest BCUT2D eigenvalue weighted by Gasteiger charge is -2.30. The average Bonchev–Trinajstić information content (AvgIpc) is 3.01. The van der Waals surface area contributed by atoms with E-state index in [1.165, 1.54) is 17.7 Å². The van der Waals surface area contributed by atoms with Gasteiger partial charge in [0.15, 0.2) is 0 Å². The molecule has 0 spiro atoms. The summed E-state index contributed by atoms with van der Waals surface area (Å²) in [5.41, 5.74) is -0.679. The van der Waals surface area contributed by atoms with E-state index in [1.807, 2.05) is 30.3 Å². The van der Waals surface area contributed by atoms with E-state index in [0.717, 1.165) is 19.2 Å². The van der Waals surface area contributed by atoms with Crippen molar-refractivity contribution < 1.29 is 18.3 Å². The quantitative estimate of drug-likeness (QED) is 0.848. The van der Waals surface area contributed by atoms with Crippen molar-refractivity contribution in [3.8, 4) is 6.07 Å². The molecule has 0 aliphatic carbocycles. The van der Waals surface area contributed by atoms with Crippen molar-refractivity contribution in [3.05, 3.63) is 65.2 Å². The molecule has 3 rings (SSSR count). The molecule has 1 N–H and O–H groups in total. The number of anilines is 1. The Kier molecular flexibility index (Phi) is 5.64. The second-order valence-electron chi connectivity index (χ2n) is 7.37. The topological polar surface area (TPSA) is 50.5 Å². The number of hydrogen-bond donors (Lipinski definition) is 1. The third kappa shape index (κ3) is 4.64. The molecule has 1 heterocycles. The maximum atomic E-state index is 13.0. The monoisotopic (exact) mass is 389 g/mol. The number of benzene rings is 2. The lowest BCUT2D eigenvalue weighted by Crippen LogP contribution is -2.43. The highest BCUT2D eigenvalue weighted by Crippen LogP contribution is 2.34. The summed E-state index contributed by atoms with van der Waals surface area (Å²) in [6, 6.07) is 15.1. The predicted molar refractivity (Wildman–Crippen MR) is 101 cm³/mol. The Hall–Kier alpha value is -2.56. The molecule has 0 amide bonds. The van der Waals surface area contributed by atoms with Gasteiger partial charge in [0.25, 0.3) is 0 Å². The van der Waals surface area contributed by atoms with Crippen molar-refractivity contribution in [3.63, 3.8) is 0 Å². The van der Waals surface area contributed by atoms with E-state index in [0.29, 0.717) is 18.7 Å². The van der Waals surface area contributed by atoms with E-state index in [-0.39, 0.29) is 6.54 Å². The number of aliphatic hydroxyl groups is 1. The molecule has 1 unspecified atom stereocenters. The van der Waals surface area contributed by atoms with Crippen molar-refractivity contribution in [2.75, 3.05) is 31.6 Å². The second kappa shape index (κ2) is 7.82. The molecule has 0 saturated carbocycles. The smallest absolute Gasteiger partial charge is 0.387 e. The highest BCUT2D eigenvalue weighted by Gasteiger charge is 2.38. The number of rotatable bonds is 5. The van der Waals surface area contributed by atoms with Crippen molar-refractivity contribution >= 4 is 5.69 Å². The third-order valence-corrected chi connectivity index (χ3v) is 5.06. The molecule has 2 aromatic carbocycles. The van der Waals surface area contributed by atoms with Crippen molar-refractivity contribution in [1.29, 1.82) is 5.26 Å². The molecule has 0 bridgehead atoms. The SMILES string of the molecule is CN(CC1(O)CCN(Cc2ccccc2)C1)c1ccc(C(F)(F)F)c(C#N)c1. The van der Waals surface area contributed by atoms with Crippen molar-refractivity contribution in [2.24, 2.45) is 0 Å². The van der Waals surface area contributed by atoms with Crippen LogP contribution in [0.15, 0.2) is 48.5 Å². The van der Waals surface area contributed by atoms with Crippen molar-refractivity contribution in [1.82, 2.24) is 4.90 Å². The minimum absolute atomic E-state index is 0.272. The Morgan fingerprint density at radius 3 is 2.57 bits per heavy atom. The van der Waals surface area contributed by atoms with Gasteiger partial charge in [-0.25, -0.2) is 0 Å². The molecule has 1 saturated heterocycles. The van der Waals surface area contributed by atoms with E-state index in [4.69, 9.17) is 5.26 Å². The number of halogens is 3. The van der Waals surface area contributed by atoms with E-state index in [1.54, 1.807) is 18.0 Å². The van der Waals surface area contributed by atoms with E-state index < -0.39 is 22.9 Å². The molecule has 0 radical (unpaired) electrons. The van der Waals surface area contributed by atoms with E-state index in [9.17, 15) is 18.3 Å². The number of hydrogen-bond acceptors (Lipinski definition) is 4. The van der Waals surface area contributed by atoms with Crippen LogP contribution in [0, 0.1) is 11.3 Å². The van der Waals surface area contributed by atoms with Gasteiger partial charge in [0.1, 0.15) is 0 Å². The van der Waals surface area contributed by atoms with Crippen LogP contribution in [-0.4, -0.2) is 42.3 Å². The number of nitriles is 1. The second-order valence-corrected chi connectivity index (χ2v) is 7.37. The molecule has 1 atom stereocenters. The first kappa shape index (κ1) is 20.2. The van der Waals surface area contributed by atoms with Gasteiger partial charge in [-0.15, -0.1) is 0 Å². The van der Waals surface area contributed by atoms with Crippen LogP contribution in [-0.2, 0) is 12.7 Å². The van der Waals surface area contributed by atoms with Crippen LogP contribution in [0.5, 0.6) is 0 Å². The molecule has 1 aliphatic rings. The molecule has 1 fully saturated rings. The zero-order chi connectivity index (χ0) is 20.4. The largest absolute Gasteiger partial charge is 0.417 e. The normalized spacial score (nSPS) is 20.1. The van der Waals surface area contributed by atoms with Crippen LogP contribution in [0.3, 0.4) is 0 Å². The molecule has 2 aromatic rings. The molecule has 4 nitrogen and oxygen atoms in total. The minimum Gasteiger partial charge on any atom is -0.387 e. The van der Waals surface area contributed by atoms with Gasteiger partial charge in [0, 0.05) is 38.9 Å². The third-order valence-electron chi connectivity index (χ3n) is 5.06. The minimum atomic E-state index is -4.57. The highest BCUT2D eigenvalue weighted by molar-refractivity contribution is 5.55. The lowest BCUT2D eigenvalue weighted by molar-refractivity contribution is -0.137. The Morgan fingerprint density at radius 2 is 1.93 bits per heavy atom. The molecular weight excluding hydrogens is 367 g/mol. The lowest BCUT2D eigenvalue weighted by atomic mass is 10.0. The van der Waals surface area contributed by atoms with Gasteiger partial charge >= 0.3 is 6.18 Å². The number of likely N-dealkylation sites (tertiary alicyclic amines) is 1. The molecule has 148 valence electrons. The van der Waals surface area contributed by atoms with Gasteiger partial charge in [0.2, 0.25) is 0 Å². The Balaban J connectivity index is 1.67. The predicted octanol–water partition coefficient (Wildman–Crippen LogP) is 3.65. The van der Waals surface area contributed by atoms with Crippen LogP contribution in [0.25, 0.3) is 0 Å². The van der Waals surface area contributed by atoms with Gasteiger partial charge in [-0.1, -0.05) is 30.3 Å². The van der Waals surface area contributed by atoms with Gasteiger partial charge < -0.3 is 10.0 Å². The average molecular weight is 389 g/mol. The number of likely N-dealkylation sites (N-methyl/N-ethyl adjacent to an activating group) is 1. The first-order valence-electron chi connectivity index (χ1n) is 9.01. The van der Waals surface area contributed by atoms with Gasteiger partial charge in [-0.05, 0) is 30.2 Å². The van der Waals surface area contributed by atoms with Crippen LogP contribution < -0.4 is 4.90 Å². The van der Waals surface area contributed by atoms with Crippen LogP contribution >= 0.6 is 0 Å². The van der Waals surface area contributed by atoms with Gasteiger partial charge in [-0.2, -0.15) is 18.4 Å². The first-order chi connectivity index (χ1) is 13.2. The zero-order valence-corrected chi connectivity index (χ0v) is 15.6. The summed E-state index contributed by atoms with van der Waals surface area (Å²) < 4.78 is 38.9. The number of β-amino-alcohol motifs (C(OH)–C–C–N with tert-alkyl or cyclic N) is 1. The Morgan fingerprint density at radius 1 is 1.21 bits per heavy atom. The first-order valence-corrected chi connectivity index (χ1v) is 9.01. The van der Waals surface area contributed by atoms with Gasteiger partial charge in [-0.3, -0.25) is 4.90 Å². The summed E-state index contributed by atoms with van der Waals surface area (Å²) in [6.07, 6.45) is -3.99. The molecule has 28 heavy (non-hydrogen) atoms. The van der Waals surface area contributed by atoms with Crippen LogP contribution in [0.2, 0.25) is 0 Å². The van der Waals surface area contributed by atoms with E-state index >= 15 is 0 Å². The fourth-order valence-electron chi connectivity index (χ4n) is 3.69. The Labute approximate surface area is 162 Å². The highest BCUT2D eigenvalue weighted by atomic mass is 19.4. The Bertz CT molecular complexity index is 863. The van der Waals surface area contributed by atoms with Gasteiger partial charge in [0.05, 0.1) is 22.8 Å². The zero-order valence-electron chi connectivity index (χ0n) is 15.6. The summed E-state index contributed by atoms with van der Waals surface area (Å²) in [7, 11) is 1.71. The summed E-state index contributed by atoms with van der Waals surface area (Å²) in [5.74, 6) is 0. The summed E-state index contributed by atoms with van der Waals surface area (Å²) in [6.45, 7) is 2.24. The van der Waals surface area contributed by atoms with Crippen LogP contribution in [0.1, 0.15) is 23.1 Å². The number of alkyl halides is 3.